The molecule has 0 saturated heterocycles. The number of carbonyl (C=O) groups is 6. The lowest BCUT2D eigenvalue weighted by molar-refractivity contribution is -0.145. The van der Waals surface area contributed by atoms with Gasteiger partial charge in [-0.3, -0.25) is 24.0 Å². The van der Waals surface area contributed by atoms with Crippen molar-refractivity contribution in [3.63, 3.8) is 0 Å². The summed E-state index contributed by atoms with van der Waals surface area (Å²) in [4.78, 5) is 69.9. The van der Waals surface area contributed by atoms with Gasteiger partial charge in [-0.05, 0) is 19.4 Å². The average Bonchev–Trinajstić information content (AvgIpc) is 2.69. The first-order valence-electron chi connectivity index (χ1n) is 9.63. The van der Waals surface area contributed by atoms with Crippen molar-refractivity contribution >= 4 is 35.6 Å². The molecule has 4 amide bonds. The van der Waals surface area contributed by atoms with Gasteiger partial charge in [-0.1, -0.05) is 6.42 Å². The zero-order valence-corrected chi connectivity index (χ0v) is 17.3. The van der Waals surface area contributed by atoms with Crippen LogP contribution in [-0.2, 0) is 28.8 Å². The van der Waals surface area contributed by atoms with Gasteiger partial charge in [0.15, 0.2) is 0 Å². The lowest BCUT2D eigenvalue weighted by Gasteiger charge is -2.23. The fraction of sp³-hybridized carbons (Fsp3) is 0.647. The van der Waals surface area contributed by atoms with Gasteiger partial charge in [-0.15, -0.1) is 0 Å². The molecule has 182 valence electrons. The average molecular weight is 462 g/mol. The van der Waals surface area contributed by atoms with E-state index in [1.165, 1.54) is 0 Å². The second kappa shape index (κ2) is 14.7. The molecule has 12 N–H and O–H groups in total. The van der Waals surface area contributed by atoms with E-state index < -0.39 is 79.2 Å². The topological polar surface area (TPSA) is 277 Å². The fourth-order valence-electron chi connectivity index (χ4n) is 2.44. The Balaban J connectivity index is 5.21. The Morgan fingerprint density at radius 1 is 0.781 bits per heavy atom. The summed E-state index contributed by atoms with van der Waals surface area (Å²) in [6, 6.07) is -6.09. The smallest absolute Gasteiger partial charge is 0.326 e. The second-order valence-corrected chi connectivity index (χ2v) is 6.86. The van der Waals surface area contributed by atoms with Crippen molar-refractivity contribution in [3.8, 4) is 0 Å². The zero-order valence-electron chi connectivity index (χ0n) is 17.3. The van der Waals surface area contributed by atoms with Crippen LogP contribution in [0.4, 0.5) is 0 Å². The highest BCUT2D eigenvalue weighted by Gasteiger charge is 2.31. The highest BCUT2D eigenvalue weighted by molar-refractivity contribution is 5.96. The predicted octanol–water partition coefficient (Wildman–Crippen LogP) is -4.68. The van der Waals surface area contributed by atoms with Crippen molar-refractivity contribution in [2.45, 2.75) is 56.3 Å². The lowest BCUT2D eigenvalue weighted by atomic mass is 10.1. The Bertz CT molecular complexity index is 702. The van der Waals surface area contributed by atoms with Crippen LogP contribution in [0.5, 0.6) is 0 Å². The van der Waals surface area contributed by atoms with Crippen LogP contribution in [0.15, 0.2) is 0 Å². The molecule has 4 unspecified atom stereocenters. The summed E-state index contributed by atoms with van der Waals surface area (Å²) < 4.78 is 0. The summed E-state index contributed by atoms with van der Waals surface area (Å²) in [6.45, 7) is -0.487. The molecule has 0 bridgehead atoms. The Labute approximate surface area is 183 Å². The van der Waals surface area contributed by atoms with Gasteiger partial charge >= 0.3 is 11.9 Å². The number of aliphatic hydroxyl groups excluding tert-OH is 1. The monoisotopic (exact) mass is 462 g/mol. The van der Waals surface area contributed by atoms with E-state index in [1.807, 2.05) is 10.6 Å². The molecule has 0 saturated carbocycles. The van der Waals surface area contributed by atoms with Gasteiger partial charge in [0.2, 0.25) is 23.6 Å². The number of rotatable bonds is 16. The summed E-state index contributed by atoms with van der Waals surface area (Å²) in [6.07, 6.45) is -0.275. The Hall–Kier alpha value is -3.30. The summed E-state index contributed by atoms with van der Waals surface area (Å²) in [7, 11) is 0. The number of primary amides is 1. The number of nitrogens with one attached hydrogen (secondary N) is 3. The first-order valence-corrected chi connectivity index (χ1v) is 9.63. The molecule has 0 aromatic carbocycles. The number of aliphatic carboxylic acids is 2. The minimum Gasteiger partial charge on any atom is -0.481 e. The molecule has 32 heavy (non-hydrogen) atoms. The van der Waals surface area contributed by atoms with Crippen LogP contribution in [0.25, 0.3) is 0 Å². The number of aliphatic hydroxyl groups is 1. The van der Waals surface area contributed by atoms with E-state index >= 15 is 0 Å². The highest BCUT2D eigenvalue weighted by Crippen LogP contribution is 2.01. The number of hydrogen-bond acceptors (Lipinski definition) is 9. The van der Waals surface area contributed by atoms with Gasteiger partial charge in [0, 0.05) is 0 Å². The van der Waals surface area contributed by atoms with E-state index in [4.69, 9.17) is 27.4 Å². The summed E-state index contributed by atoms with van der Waals surface area (Å²) >= 11 is 0. The molecule has 0 aromatic rings. The predicted molar refractivity (Wildman–Crippen MR) is 107 cm³/mol. The molecule has 0 aliphatic carbocycles. The van der Waals surface area contributed by atoms with Crippen LogP contribution in [0.3, 0.4) is 0 Å². The molecule has 0 fully saturated rings. The fourth-order valence-corrected chi connectivity index (χ4v) is 2.44. The normalized spacial score (nSPS) is 14.3. The number of nitrogens with two attached hydrogens (primary N) is 3. The molecule has 4 atom stereocenters. The van der Waals surface area contributed by atoms with E-state index in [0.717, 1.165) is 0 Å². The van der Waals surface area contributed by atoms with Gasteiger partial charge in [0.25, 0.3) is 0 Å². The van der Waals surface area contributed by atoms with Crippen molar-refractivity contribution < 1.29 is 44.1 Å². The van der Waals surface area contributed by atoms with Crippen molar-refractivity contribution in [3.05, 3.63) is 0 Å². The van der Waals surface area contributed by atoms with Crippen molar-refractivity contribution in [1.82, 2.24) is 16.0 Å². The van der Waals surface area contributed by atoms with E-state index in [9.17, 15) is 33.9 Å². The number of unbranched alkanes of at least 4 members (excludes halogenated alkanes) is 1. The van der Waals surface area contributed by atoms with Crippen LogP contribution in [0, 0.1) is 0 Å². The van der Waals surface area contributed by atoms with Gasteiger partial charge in [0.1, 0.15) is 18.1 Å². The maximum atomic E-state index is 12.4. The van der Waals surface area contributed by atoms with Crippen LogP contribution in [-0.4, -0.2) is 88.2 Å². The molecule has 0 heterocycles. The van der Waals surface area contributed by atoms with Crippen LogP contribution >= 0.6 is 0 Å². The number of hydrogen-bond donors (Lipinski definition) is 9. The van der Waals surface area contributed by atoms with Crippen molar-refractivity contribution in [2.24, 2.45) is 17.2 Å². The third kappa shape index (κ3) is 11.2. The molecular weight excluding hydrogens is 432 g/mol. The minimum atomic E-state index is -1.78. The standard InChI is InChI=1S/C17H30N6O9/c18-4-2-1-3-8(19)14(28)23-11(7-24)16(30)21-9(6-13(26)27)15(29)22-10(17(31)32)5-12(20)25/h8-11,24H,1-7,18-19H2,(H2,20,25)(H,21,30)(H,22,29)(H,23,28)(H,26,27)(H,31,32). The highest BCUT2D eigenvalue weighted by atomic mass is 16.4. The molecule has 0 aliphatic rings. The first kappa shape index (κ1) is 28.7. The van der Waals surface area contributed by atoms with E-state index in [1.54, 1.807) is 0 Å². The molecule has 15 heteroatoms. The quantitative estimate of drug-likeness (QED) is 0.0982. The summed E-state index contributed by atoms with van der Waals surface area (Å²) in [5.74, 6) is -7.26. The first-order chi connectivity index (χ1) is 14.9. The minimum absolute atomic E-state index is 0.267. The zero-order chi connectivity index (χ0) is 24.8. The number of carboxylic acid groups (broad SMARTS) is 2. The van der Waals surface area contributed by atoms with Crippen LogP contribution in [0.2, 0.25) is 0 Å². The summed E-state index contributed by atoms with van der Waals surface area (Å²) in [5, 5.41) is 33.6. The van der Waals surface area contributed by atoms with E-state index in [0.29, 0.717) is 19.4 Å². The van der Waals surface area contributed by atoms with Crippen LogP contribution < -0.4 is 33.2 Å². The maximum absolute atomic E-state index is 12.4. The second-order valence-electron chi connectivity index (χ2n) is 6.86. The van der Waals surface area contributed by atoms with Gasteiger partial charge < -0.3 is 48.5 Å². The Morgan fingerprint density at radius 2 is 1.31 bits per heavy atom. The molecular formula is C17H30N6O9. The SMILES string of the molecule is NCCCCC(N)C(=O)NC(CO)C(=O)NC(CC(=O)O)C(=O)NC(CC(N)=O)C(=O)O. The third-order valence-electron chi connectivity index (χ3n) is 4.15. The maximum Gasteiger partial charge on any atom is 0.326 e. The third-order valence-corrected chi connectivity index (χ3v) is 4.15. The molecule has 0 radical (unpaired) electrons. The number of amides is 4. The lowest BCUT2D eigenvalue weighted by Crippen LogP contribution is -2.58. The van der Waals surface area contributed by atoms with Gasteiger partial charge in [-0.2, -0.15) is 0 Å². The molecule has 0 aromatic heterocycles. The van der Waals surface area contributed by atoms with Crippen LogP contribution in [0.1, 0.15) is 32.1 Å². The largest absolute Gasteiger partial charge is 0.481 e. The van der Waals surface area contributed by atoms with Crippen molar-refractivity contribution in [1.29, 1.82) is 0 Å². The molecule has 0 aliphatic heterocycles. The Kier molecular flexibility index (Phi) is 13.1. The van der Waals surface area contributed by atoms with E-state index in [-0.39, 0.29) is 6.42 Å². The van der Waals surface area contributed by atoms with E-state index in [2.05, 4.69) is 5.32 Å². The molecule has 0 rings (SSSR count). The number of carbonyl (C=O) groups excluding carboxylic acids is 4. The van der Waals surface area contributed by atoms with Gasteiger partial charge in [0.05, 0.1) is 25.5 Å². The number of carboxylic acids is 2. The molecule has 15 nitrogen and oxygen atoms in total. The molecule has 0 spiro atoms. The van der Waals surface area contributed by atoms with Gasteiger partial charge in [-0.25, -0.2) is 4.79 Å². The summed E-state index contributed by atoms with van der Waals surface area (Å²) in [5.41, 5.74) is 16.0. The Morgan fingerprint density at radius 3 is 1.78 bits per heavy atom. The van der Waals surface area contributed by atoms with Crippen molar-refractivity contribution in [2.75, 3.05) is 13.2 Å².